The number of benzene rings is 1. The first-order chi connectivity index (χ1) is 7.84. The first-order valence-corrected chi connectivity index (χ1v) is 5.37. The molecule has 0 radical (unpaired) electrons. The van der Waals surface area contributed by atoms with Gasteiger partial charge in [-0.3, -0.25) is 0 Å². The Bertz CT molecular complexity index is 489. The fourth-order valence-corrected chi connectivity index (χ4v) is 2.17. The molecule has 1 atom stereocenters. The van der Waals surface area contributed by atoms with Crippen LogP contribution in [0.4, 0.5) is 10.3 Å². The Morgan fingerprint density at radius 1 is 1.31 bits per heavy atom. The lowest BCUT2D eigenvalue weighted by atomic mass is 10.0. The summed E-state index contributed by atoms with van der Waals surface area (Å²) in [5, 5.41) is 3.23. The summed E-state index contributed by atoms with van der Waals surface area (Å²) in [5.74, 6) is 0.698. The number of hydrogen-bond donors (Lipinski definition) is 1. The lowest BCUT2D eigenvalue weighted by molar-refractivity contribution is 0.528. The molecule has 0 aliphatic carbocycles. The summed E-state index contributed by atoms with van der Waals surface area (Å²) in [6.45, 7) is 0.902. The van der Waals surface area contributed by atoms with E-state index in [0.29, 0.717) is 0 Å². The van der Waals surface area contributed by atoms with E-state index < -0.39 is 0 Å². The van der Waals surface area contributed by atoms with Crippen LogP contribution in [0.5, 0.6) is 0 Å². The zero-order valence-electron chi connectivity index (χ0n) is 8.73. The molecule has 3 rings (SSSR count). The predicted octanol–water partition coefficient (Wildman–Crippen LogP) is 2.43. The van der Waals surface area contributed by atoms with Crippen LogP contribution in [0.2, 0.25) is 0 Å². The molecule has 0 fully saturated rings. The SMILES string of the molecule is Fc1ccc(C2CCNc3nccn32)cc1. The maximum absolute atomic E-state index is 12.9. The van der Waals surface area contributed by atoms with Gasteiger partial charge in [-0.1, -0.05) is 12.1 Å². The van der Waals surface area contributed by atoms with Crippen molar-refractivity contribution in [2.75, 3.05) is 11.9 Å². The topological polar surface area (TPSA) is 29.9 Å². The van der Waals surface area contributed by atoms with E-state index in [-0.39, 0.29) is 11.9 Å². The largest absolute Gasteiger partial charge is 0.356 e. The molecule has 0 bridgehead atoms. The molecular formula is C12H12FN3. The van der Waals surface area contributed by atoms with Gasteiger partial charge in [0.1, 0.15) is 5.82 Å². The van der Waals surface area contributed by atoms with E-state index in [9.17, 15) is 4.39 Å². The third kappa shape index (κ3) is 1.46. The molecule has 1 aromatic heterocycles. The second kappa shape index (κ2) is 3.63. The minimum absolute atomic E-state index is 0.191. The second-order valence-electron chi connectivity index (χ2n) is 3.94. The van der Waals surface area contributed by atoms with Crippen LogP contribution in [-0.4, -0.2) is 16.1 Å². The van der Waals surface area contributed by atoms with Crippen molar-refractivity contribution in [3.8, 4) is 0 Å². The van der Waals surface area contributed by atoms with E-state index in [4.69, 9.17) is 0 Å². The van der Waals surface area contributed by atoms with Crippen LogP contribution in [0.15, 0.2) is 36.7 Å². The molecule has 0 amide bonds. The first-order valence-electron chi connectivity index (χ1n) is 5.37. The molecular weight excluding hydrogens is 205 g/mol. The number of imidazole rings is 1. The highest BCUT2D eigenvalue weighted by molar-refractivity contribution is 5.33. The van der Waals surface area contributed by atoms with Gasteiger partial charge >= 0.3 is 0 Å². The van der Waals surface area contributed by atoms with Crippen molar-refractivity contribution in [1.82, 2.24) is 9.55 Å². The third-order valence-corrected chi connectivity index (χ3v) is 2.96. The van der Waals surface area contributed by atoms with Crippen molar-refractivity contribution in [2.24, 2.45) is 0 Å². The molecule has 1 N–H and O–H groups in total. The van der Waals surface area contributed by atoms with Crippen LogP contribution in [0.3, 0.4) is 0 Å². The van der Waals surface area contributed by atoms with E-state index >= 15 is 0 Å². The standard InChI is InChI=1S/C12H12FN3/c13-10-3-1-9(2-4-10)11-5-6-14-12-15-7-8-16(11)12/h1-4,7-8,11H,5-6H2,(H,14,15). The normalized spacial score (nSPS) is 18.9. The summed E-state index contributed by atoms with van der Waals surface area (Å²) in [5.41, 5.74) is 1.13. The van der Waals surface area contributed by atoms with Crippen LogP contribution in [-0.2, 0) is 0 Å². The molecule has 1 aliphatic rings. The van der Waals surface area contributed by atoms with Crippen molar-refractivity contribution < 1.29 is 4.39 Å². The summed E-state index contributed by atoms with van der Waals surface area (Å²) >= 11 is 0. The quantitative estimate of drug-likeness (QED) is 0.795. The van der Waals surface area contributed by atoms with Crippen LogP contribution in [0.25, 0.3) is 0 Å². The van der Waals surface area contributed by atoms with Gasteiger partial charge < -0.3 is 9.88 Å². The van der Waals surface area contributed by atoms with E-state index in [2.05, 4.69) is 14.9 Å². The lowest BCUT2D eigenvalue weighted by Gasteiger charge is -2.26. The Balaban J connectivity index is 2.00. The van der Waals surface area contributed by atoms with Crippen molar-refractivity contribution >= 4 is 5.95 Å². The zero-order valence-corrected chi connectivity index (χ0v) is 8.73. The van der Waals surface area contributed by atoms with Gasteiger partial charge in [0.15, 0.2) is 0 Å². The predicted molar refractivity (Wildman–Crippen MR) is 59.9 cm³/mol. The molecule has 0 spiro atoms. The average Bonchev–Trinajstić information content (AvgIpc) is 2.78. The molecule has 3 nitrogen and oxygen atoms in total. The summed E-state index contributed by atoms with van der Waals surface area (Å²) in [4.78, 5) is 4.23. The van der Waals surface area contributed by atoms with E-state index in [0.717, 1.165) is 24.5 Å². The molecule has 2 heterocycles. The van der Waals surface area contributed by atoms with Gasteiger partial charge in [-0.25, -0.2) is 9.37 Å². The number of hydrogen-bond acceptors (Lipinski definition) is 2. The number of rotatable bonds is 1. The van der Waals surface area contributed by atoms with Gasteiger partial charge in [0, 0.05) is 18.9 Å². The molecule has 0 saturated carbocycles. The van der Waals surface area contributed by atoms with E-state index in [1.807, 2.05) is 18.3 Å². The molecule has 1 aromatic carbocycles. The summed E-state index contributed by atoms with van der Waals surface area (Å²) in [6.07, 6.45) is 4.73. The Hall–Kier alpha value is -1.84. The maximum atomic E-state index is 12.9. The molecule has 1 unspecified atom stereocenters. The van der Waals surface area contributed by atoms with Crippen molar-refractivity contribution in [3.63, 3.8) is 0 Å². The number of halogens is 1. The van der Waals surface area contributed by atoms with Gasteiger partial charge in [0.25, 0.3) is 0 Å². The Labute approximate surface area is 92.9 Å². The summed E-state index contributed by atoms with van der Waals surface area (Å²) < 4.78 is 15.0. The summed E-state index contributed by atoms with van der Waals surface area (Å²) in [7, 11) is 0. The van der Waals surface area contributed by atoms with Crippen LogP contribution >= 0.6 is 0 Å². The van der Waals surface area contributed by atoms with Gasteiger partial charge in [0.05, 0.1) is 6.04 Å². The van der Waals surface area contributed by atoms with Gasteiger partial charge in [-0.05, 0) is 24.1 Å². The summed E-state index contributed by atoms with van der Waals surface area (Å²) in [6, 6.07) is 6.96. The molecule has 4 heteroatoms. The first kappa shape index (κ1) is 9.39. The highest BCUT2D eigenvalue weighted by Gasteiger charge is 2.20. The Morgan fingerprint density at radius 2 is 2.12 bits per heavy atom. The fourth-order valence-electron chi connectivity index (χ4n) is 2.17. The molecule has 2 aromatic rings. The van der Waals surface area contributed by atoms with Crippen LogP contribution < -0.4 is 5.32 Å². The minimum Gasteiger partial charge on any atom is -0.356 e. The van der Waals surface area contributed by atoms with Gasteiger partial charge in [0.2, 0.25) is 5.95 Å². The number of anilines is 1. The average molecular weight is 217 g/mol. The monoisotopic (exact) mass is 217 g/mol. The Kier molecular flexibility index (Phi) is 2.13. The zero-order chi connectivity index (χ0) is 11.0. The minimum atomic E-state index is -0.191. The van der Waals surface area contributed by atoms with Crippen molar-refractivity contribution in [1.29, 1.82) is 0 Å². The number of fused-ring (bicyclic) bond motifs is 1. The fraction of sp³-hybridized carbons (Fsp3) is 0.250. The molecule has 16 heavy (non-hydrogen) atoms. The maximum Gasteiger partial charge on any atom is 0.203 e. The van der Waals surface area contributed by atoms with Crippen molar-refractivity contribution in [3.05, 3.63) is 48.0 Å². The highest BCUT2D eigenvalue weighted by Crippen LogP contribution is 2.28. The van der Waals surface area contributed by atoms with E-state index in [1.165, 1.54) is 12.1 Å². The Morgan fingerprint density at radius 3 is 2.94 bits per heavy atom. The smallest absolute Gasteiger partial charge is 0.203 e. The van der Waals surface area contributed by atoms with Gasteiger partial charge in [-0.2, -0.15) is 0 Å². The van der Waals surface area contributed by atoms with Crippen LogP contribution in [0.1, 0.15) is 18.0 Å². The highest BCUT2D eigenvalue weighted by atomic mass is 19.1. The van der Waals surface area contributed by atoms with Gasteiger partial charge in [-0.15, -0.1) is 0 Å². The van der Waals surface area contributed by atoms with E-state index in [1.54, 1.807) is 6.20 Å². The number of nitrogens with one attached hydrogen (secondary N) is 1. The number of nitrogens with zero attached hydrogens (tertiary/aromatic N) is 2. The third-order valence-electron chi connectivity index (χ3n) is 2.96. The van der Waals surface area contributed by atoms with Crippen LogP contribution in [0, 0.1) is 5.82 Å². The second-order valence-corrected chi connectivity index (χ2v) is 3.94. The molecule has 1 aliphatic heterocycles. The lowest BCUT2D eigenvalue weighted by Crippen LogP contribution is -2.23. The molecule has 82 valence electrons. The number of aromatic nitrogens is 2. The molecule has 0 saturated heterocycles. The van der Waals surface area contributed by atoms with Crippen molar-refractivity contribution in [2.45, 2.75) is 12.5 Å².